The van der Waals surface area contributed by atoms with Crippen LogP contribution in [0.5, 0.6) is 11.5 Å². The van der Waals surface area contributed by atoms with Crippen molar-refractivity contribution in [1.82, 2.24) is 15.0 Å². The van der Waals surface area contributed by atoms with Gasteiger partial charge in [-0.1, -0.05) is 43.0 Å². The Morgan fingerprint density at radius 2 is 1.83 bits per heavy atom. The summed E-state index contributed by atoms with van der Waals surface area (Å²) in [5.74, 6) is 1.62. The van der Waals surface area contributed by atoms with E-state index in [1.54, 1.807) is 20.3 Å². The van der Waals surface area contributed by atoms with Gasteiger partial charge in [0.15, 0.2) is 22.5 Å². The van der Waals surface area contributed by atoms with Gasteiger partial charge in [-0.05, 0) is 48.6 Å². The molecule has 2 aromatic heterocycles. The molecule has 0 aliphatic carbocycles. The summed E-state index contributed by atoms with van der Waals surface area (Å²) >= 11 is 1.42. The van der Waals surface area contributed by atoms with Crippen LogP contribution in [0.2, 0.25) is 0 Å². The zero-order valence-corrected chi connectivity index (χ0v) is 21.3. The number of hydrogen-bond acceptors (Lipinski definition) is 7. The van der Waals surface area contributed by atoms with Crippen LogP contribution in [0.4, 0.5) is 11.5 Å². The monoisotopic (exact) mass is 495 g/mol. The van der Waals surface area contributed by atoms with E-state index >= 15 is 0 Å². The number of rotatable bonds is 7. The fraction of sp³-hybridized carbons (Fsp3) is 0.179. The van der Waals surface area contributed by atoms with Crippen molar-refractivity contribution in [3.05, 3.63) is 65.7 Å². The highest BCUT2D eigenvalue weighted by molar-refractivity contribution is 7.98. The van der Waals surface area contributed by atoms with Crippen molar-refractivity contribution >= 4 is 45.1 Å². The zero-order chi connectivity index (χ0) is 25.2. The number of aromatic nitrogens is 3. The Morgan fingerprint density at radius 1 is 1.00 bits per heavy atom. The van der Waals surface area contributed by atoms with E-state index in [0.29, 0.717) is 33.7 Å². The number of nitrogens with one attached hydrogen (secondary N) is 2. The molecule has 5 rings (SSSR count). The van der Waals surface area contributed by atoms with Crippen molar-refractivity contribution in [2.45, 2.75) is 18.5 Å². The number of nitriles is 1. The van der Waals surface area contributed by atoms with Gasteiger partial charge in [0.1, 0.15) is 11.6 Å². The molecule has 0 bridgehead atoms. The van der Waals surface area contributed by atoms with Gasteiger partial charge in [-0.25, -0.2) is 9.97 Å². The Balaban J connectivity index is 1.61. The van der Waals surface area contributed by atoms with E-state index in [9.17, 15) is 5.26 Å². The van der Waals surface area contributed by atoms with Crippen LogP contribution in [-0.2, 0) is 6.42 Å². The summed E-state index contributed by atoms with van der Waals surface area (Å²) in [6.07, 6.45) is 2.86. The zero-order valence-electron chi connectivity index (χ0n) is 20.5. The standard InChI is InChI=1S/C28H25N5O2S/c1-5-16-7-6-8-20-19-11-10-18(14-22(19)31-25(16)20)30-27-21(15-29)26(32-28(33-27)36-4)17-9-12-23(34-2)24(13-17)35-3/h6-14,31H,5H2,1-4H3,(H,30,32,33). The smallest absolute Gasteiger partial charge is 0.189 e. The third-order valence-electron chi connectivity index (χ3n) is 6.20. The van der Waals surface area contributed by atoms with E-state index in [2.05, 4.69) is 57.5 Å². The van der Waals surface area contributed by atoms with Crippen molar-refractivity contribution < 1.29 is 9.47 Å². The number of benzene rings is 3. The normalized spacial score (nSPS) is 11.0. The number of nitrogens with zero attached hydrogens (tertiary/aromatic N) is 3. The Bertz CT molecular complexity index is 1640. The average molecular weight is 496 g/mol. The molecule has 5 aromatic rings. The lowest BCUT2D eigenvalue weighted by atomic mass is 10.1. The number of H-pyrrole nitrogens is 1. The maximum atomic E-state index is 10.1. The summed E-state index contributed by atoms with van der Waals surface area (Å²) in [6, 6.07) is 20.3. The van der Waals surface area contributed by atoms with Gasteiger partial charge < -0.3 is 19.8 Å². The first-order valence-electron chi connectivity index (χ1n) is 11.5. The fourth-order valence-corrected chi connectivity index (χ4v) is 4.78. The number of thioether (sulfide) groups is 1. The number of para-hydroxylation sites is 1. The molecule has 0 aliphatic rings. The maximum absolute atomic E-state index is 10.1. The molecular weight excluding hydrogens is 470 g/mol. The van der Waals surface area contributed by atoms with Gasteiger partial charge in [0, 0.05) is 33.1 Å². The van der Waals surface area contributed by atoms with Crippen LogP contribution < -0.4 is 14.8 Å². The van der Waals surface area contributed by atoms with Crippen LogP contribution in [-0.4, -0.2) is 35.4 Å². The van der Waals surface area contributed by atoms with E-state index in [0.717, 1.165) is 34.1 Å². The van der Waals surface area contributed by atoms with Gasteiger partial charge in [-0.15, -0.1) is 0 Å². The Labute approximate surface area is 213 Å². The molecule has 0 spiro atoms. The van der Waals surface area contributed by atoms with Crippen LogP contribution in [0.1, 0.15) is 18.1 Å². The number of hydrogen-bond donors (Lipinski definition) is 2. The predicted molar refractivity (Wildman–Crippen MR) is 146 cm³/mol. The number of fused-ring (bicyclic) bond motifs is 3. The molecular formula is C28H25N5O2S. The molecule has 0 radical (unpaired) electrons. The van der Waals surface area contributed by atoms with E-state index < -0.39 is 0 Å². The third kappa shape index (κ3) is 4.08. The minimum atomic E-state index is 0.352. The molecule has 0 unspecified atom stereocenters. The first kappa shape index (κ1) is 23.5. The van der Waals surface area contributed by atoms with Gasteiger partial charge in [0.25, 0.3) is 0 Å². The second kappa shape index (κ2) is 9.80. The van der Waals surface area contributed by atoms with Gasteiger partial charge in [-0.3, -0.25) is 0 Å². The number of aryl methyl sites for hydroxylation is 1. The largest absolute Gasteiger partial charge is 0.493 e. The van der Waals surface area contributed by atoms with E-state index in [1.165, 1.54) is 22.7 Å². The van der Waals surface area contributed by atoms with Crippen molar-refractivity contribution in [3.8, 4) is 28.8 Å². The minimum absolute atomic E-state index is 0.352. The molecule has 2 heterocycles. The third-order valence-corrected chi connectivity index (χ3v) is 6.75. The number of aromatic amines is 1. The Morgan fingerprint density at radius 3 is 2.56 bits per heavy atom. The Hall–Kier alpha value is -4.22. The molecule has 0 atom stereocenters. The SMILES string of the molecule is CCc1cccc2c1[nH]c1cc(Nc3nc(SC)nc(-c4ccc(OC)c(OC)c4)c3C#N)ccc12. The molecule has 0 aliphatic heterocycles. The van der Waals surface area contributed by atoms with Crippen molar-refractivity contribution in [3.63, 3.8) is 0 Å². The highest BCUT2D eigenvalue weighted by Gasteiger charge is 2.18. The fourth-order valence-electron chi connectivity index (χ4n) is 4.42. The van der Waals surface area contributed by atoms with Gasteiger partial charge in [0.2, 0.25) is 0 Å². The summed E-state index contributed by atoms with van der Waals surface area (Å²) in [6.45, 7) is 2.16. The van der Waals surface area contributed by atoms with Crippen LogP contribution in [0.15, 0.2) is 59.8 Å². The summed E-state index contributed by atoms with van der Waals surface area (Å²) < 4.78 is 10.8. The molecule has 36 heavy (non-hydrogen) atoms. The summed E-state index contributed by atoms with van der Waals surface area (Å²) in [5.41, 5.74) is 5.91. The molecule has 180 valence electrons. The second-order valence-electron chi connectivity index (χ2n) is 8.17. The van der Waals surface area contributed by atoms with E-state index in [4.69, 9.17) is 9.47 Å². The van der Waals surface area contributed by atoms with Crippen molar-refractivity contribution in [2.75, 3.05) is 25.8 Å². The van der Waals surface area contributed by atoms with Crippen molar-refractivity contribution in [2.24, 2.45) is 0 Å². The molecule has 3 aromatic carbocycles. The first-order valence-corrected chi connectivity index (χ1v) is 12.7. The predicted octanol–water partition coefficient (Wildman–Crippen LogP) is 6.69. The molecule has 7 nitrogen and oxygen atoms in total. The number of methoxy groups -OCH3 is 2. The molecule has 8 heteroatoms. The van der Waals surface area contributed by atoms with Crippen LogP contribution in [0.3, 0.4) is 0 Å². The topological polar surface area (TPSA) is 95.8 Å². The summed E-state index contributed by atoms with van der Waals surface area (Å²) in [5, 5.41) is 16.4. The van der Waals surface area contributed by atoms with Gasteiger partial charge in [-0.2, -0.15) is 5.26 Å². The van der Waals surface area contributed by atoms with E-state index in [-0.39, 0.29) is 0 Å². The summed E-state index contributed by atoms with van der Waals surface area (Å²) in [7, 11) is 3.17. The van der Waals surface area contributed by atoms with E-state index in [1.807, 2.05) is 30.5 Å². The molecule has 0 saturated carbocycles. The summed E-state index contributed by atoms with van der Waals surface area (Å²) in [4.78, 5) is 12.8. The molecule has 0 fully saturated rings. The van der Waals surface area contributed by atoms with Gasteiger partial charge in [0.05, 0.1) is 19.9 Å². The highest BCUT2D eigenvalue weighted by Crippen LogP contribution is 2.36. The number of ether oxygens (including phenoxy) is 2. The molecule has 0 saturated heterocycles. The maximum Gasteiger partial charge on any atom is 0.189 e. The Kier molecular flexibility index (Phi) is 6.40. The van der Waals surface area contributed by atoms with Crippen LogP contribution in [0, 0.1) is 11.3 Å². The number of anilines is 2. The highest BCUT2D eigenvalue weighted by atomic mass is 32.2. The average Bonchev–Trinajstić information content (AvgIpc) is 3.30. The molecule has 2 N–H and O–H groups in total. The minimum Gasteiger partial charge on any atom is -0.493 e. The van der Waals surface area contributed by atoms with Crippen LogP contribution >= 0.6 is 11.8 Å². The van der Waals surface area contributed by atoms with Crippen LogP contribution in [0.25, 0.3) is 33.1 Å². The lowest BCUT2D eigenvalue weighted by Crippen LogP contribution is -2.03. The lowest BCUT2D eigenvalue weighted by molar-refractivity contribution is 0.355. The first-order chi connectivity index (χ1) is 17.6. The second-order valence-corrected chi connectivity index (χ2v) is 8.94. The van der Waals surface area contributed by atoms with Gasteiger partial charge >= 0.3 is 0 Å². The molecule has 0 amide bonds. The lowest BCUT2D eigenvalue weighted by Gasteiger charge is -2.14. The van der Waals surface area contributed by atoms with Crippen molar-refractivity contribution in [1.29, 1.82) is 5.26 Å². The quantitative estimate of drug-likeness (QED) is 0.192.